The Labute approximate surface area is 134 Å². The first-order valence-corrected chi connectivity index (χ1v) is 7.43. The second-order valence-electron chi connectivity index (χ2n) is 5.73. The van der Waals surface area contributed by atoms with Crippen LogP contribution in [0.4, 0.5) is 5.69 Å². The molecule has 0 radical (unpaired) electrons. The van der Waals surface area contributed by atoms with Crippen LogP contribution in [0.5, 0.6) is 0 Å². The van der Waals surface area contributed by atoms with Crippen LogP contribution in [0.1, 0.15) is 24.0 Å². The molecule has 7 nitrogen and oxygen atoms in total. The van der Waals surface area contributed by atoms with Crippen molar-refractivity contribution in [3.63, 3.8) is 0 Å². The summed E-state index contributed by atoms with van der Waals surface area (Å²) >= 11 is 0. The fraction of sp³-hybridized carbons (Fsp3) is 0.375. The van der Waals surface area contributed by atoms with E-state index in [1.807, 2.05) is 37.0 Å². The third-order valence-corrected chi connectivity index (χ3v) is 4.26. The van der Waals surface area contributed by atoms with Gasteiger partial charge >= 0.3 is 0 Å². The molecular formula is C16H18N6O. The number of pyridine rings is 1. The molecule has 0 aromatic carbocycles. The lowest BCUT2D eigenvalue weighted by molar-refractivity contribution is -0.127. The van der Waals surface area contributed by atoms with Crippen LogP contribution in [0, 0.1) is 17.2 Å². The number of aromatic nitrogens is 3. The van der Waals surface area contributed by atoms with Crippen LogP contribution < -0.4 is 5.32 Å². The second-order valence-corrected chi connectivity index (χ2v) is 5.73. The summed E-state index contributed by atoms with van der Waals surface area (Å²) in [4.78, 5) is 22.3. The summed E-state index contributed by atoms with van der Waals surface area (Å²) in [6, 6.07) is 5.45. The van der Waals surface area contributed by atoms with E-state index in [9.17, 15) is 4.79 Å². The number of hydrogen-bond donors (Lipinski definition) is 1. The van der Waals surface area contributed by atoms with Crippen molar-refractivity contribution in [2.75, 3.05) is 18.9 Å². The molecule has 23 heavy (non-hydrogen) atoms. The lowest BCUT2D eigenvalue weighted by Crippen LogP contribution is -2.28. The van der Waals surface area contributed by atoms with Crippen molar-refractivity contribution >= 4 is 11.6 Å². The molecular weight excluding hydrogens is 292 g/mol. The van der Waals surface area contributed by atoms with E-state index in [-0.39, 0.29) is 17.9 Å². The highest BCUT2D eigenvalue weighted by Crippen LogP contribution is 2.36. The molecule has 0 aliphatic carbocycles. The minimum atomic E-state index is -0.0404. The number of anilines is 1. The zero-order valence-electron chi connectivity index (χ0n) is 13.1. The molecule has 0 spiro atoms. The Morgan fingerprint density at radius 1 is 1.39 bits per heavy atom. The van der Waals surface area contributed by atoms with E-state index in [0.29, 0.717) is 18.7 Å². The van der Waals surface area contributed by atoms with Crippen molar-refractivity contribution in [3.05, 3.63) is 42.2 Å². The van der Waals surface area contributed by atoms with E-state index < -0.39 is 0 Å². The summed E-state index contributed by atoms with van der Waals surface area (Å²) in [5.74, 6) is 1.15. The van der Waals surface area contributed by atoms with E-state index in [1.165, 1.54) is 0 Å². The van der Waals surface area contributed by atoms with Gasteiger partial charge in [0.2, 0.25) is 5.91 Å². The first-order valence-electron chi connectivity index (χ1n) is 7.43. The van der Waals surface area contributed by atoms with Crippen LogP contribution in [0.3, 0.4) is 0 Å². The molecule has 1 N–H and O–H groups in total. The number of rotatable bonds is 4. The largest absolute Gasteiger partial charge is 0.383 e. The summed E-state index contributed by atoms with van der Waals surface area (Å²) in [6.07, 6.45) is 5.77. The maximum absolute atomic E-state index is 12.1. The fourth-order valence-corrected chi connectivity index (χ4v) is 2.99. The summed E-state index contributed by atoms with van der Waals surface area (Å²) in [5, 5.41) is 12.1. The fourth-order valence-electron chi connectivity index (χ4n) is 2.99. The molecule has 1 aliphatic rings. The van der Waals surface area contributed by atoms with Crippen molar-refractivity contribution in [2.45, 2.75) is 12.5 Å². The maximum Gasteiger partial charge on any atom is 0.223 e. The maximum atomic E-state index is 12.1. The molecule has 2 atom stereocenters. The SMILES string of the molecule is CN1C(=O)C[C@@H](CNc2ccc(C#N)nc2)[C@@H]1c1nccn1C. The Hall–Kier alpha value is -2.88. The van der Waals surface area contributed by atoms with E-state index in [0.717, 1.165) is 11.5 Å². The van der Waals surface area contributed by atoms with Gasteiger partial charge in [0, 0.05) is 45.4 Å². The lowest BCUT2D eigenvalue weighted by Gasteiger charge is -2.25. The topological polar surface area (TPSA) is 86.8 Å². The zero-order chi connectivity index (χ0) is 16.4. The standard InChI is InChI=1S/C16H18N6O/c1-21-6-5-18-16(21)15-11(7-14(23)22(15)2)9-19-13-4-3-12(8-17)20-10-13/h3-6,10-11,15,19H,7,9H2,1-2H3/t11-,15+/m0/s1. The van der Waals surface area contributed by atoms with E-state index in [1.54, 1.807) is 23.4 Å². The van der Waals surface area contributed by atoms with Gasteiger partial charge in [0.1, 0.15) is 17.6 Å². The van der Waals surface area contributed by atoms with Crippen LogP contribution in [0.2, 0.25) is 0 Å². The Balaban J connectivity index is 1.74. The number of amides is 1. The Morgan fingerprint density at radius 3 is 2.83 bits per heavy atom. The summed E-state index contributed by atoms with van der Waals surface area (Å²) in [5.41, 5.74) is 1.22. The van der Waals surface area contributed by atoms with Crippen LogP contribution in [0.25, 0.3) is 0 Å². The van der Waals surface area contributed by atoms with Gasteiger partial charge < -0.3 is 14.8 Å². The molecule has 0 bridgehead atoms. The molecule has 0 unspecified atom stereocenters. The average molecular weight is 310 g/mol. The minimum absolute atomic E-state index is 0.0404. The Bertz CT molecular complexity index is 745. The van der Waals surface area contributed by atoms with Crippen molar-refractivity contribution in [1.29, 1.82) is 5.26 Å². The molecule has 0 saturated carbocycles. The molecule has 2 aromatic heterocycles. The number of nitrogens with zero attached hydrogens (tertiary/aromatic N) is 5. The van der Waals surface area contributed by atoms with Crippen LogP contribution in [-0.4, -0.2) is 38.9 Å². The van der Waals surface area contributed by atoms with E-state index in [2.05, 4.69) is 15.3 Å². The molecule has 118 valence electrons. The van der Waals surface area contributed by atoms with Crippen LogP contribution >= 0.6 is 0 Å². The molecule has 2 aromatic rings. The quantitative estimate of drug-likeness (QED) is 0.920. The Morgan fingerprint density at radius 2 is 2.22 bits per heavy atom. The third-order valence-electron chi connectivity index (χ3n) is 4.26. The van der Waals surface area contributed by atoms with Gasteiger partial charge in [-0.3, -0.25) is 4.79 Å². The highest BCUT2D eigenvalue weighted by Gasteiger charge is 2.40. The monoisotopic (exact) mass is 310 g/mol. The molecule has 1 saturated heterocycles. The van der Waals surface area contributed by atoms with Gasteiger partial charge in [-0.15, -0.1) is 0 Å². The third kappa shape index (κ3) is 2.88. The summed E-state index contributed by atoms with van der Waals surface area (Å²) in [6.45, 7) is 0.640. The number of carbonyl (C=O) groups excluding carboxylic acids is 1. The van der Waals surface area contributed by atoms with E-state index in [4.69, 9.17) is 5.26 Å². The number of nitriles is 1. The molecule has 7 heteroatoms. The van der Waals surface area contributed by atoms with Gasteiger partial charge in [-0.25, -0.2) is 9.97 Å². The van der Waals surface area contributed by atoms with Crippen LogP contribution in [0.15, 0.2) is 30.7 Å². The minimum Gasteiger partial charge on any atom is -0.383 e. The normalized spacial score (nSPS) is 20.6. The molecule has 1 fully saturated rings. The number of nitrogens with one attached hydrogen (secondary N) is 1. The van der Waals surface area contributed by atoms with Crippen molar-refractivity contribution in [1.82, 2.24) is 19.4 Å². The number of imidazole rings is 1. The first kappa shape index (κ1) is 15.0. The highest BCUT2D eigenvalue weighted by atomic mass is 16.2. The number of hydrogen-bond acceptors (Lipinski definition) is 5. The molecule has 1 aliphatic heterocycles. The number of carbonyl (C=O) groups is 1. The molecule has 3 rings (SSSR count). The molecule has 1 amide bonds. The summed E-state index contributed by atoms with van der Waals surface area (Å²) in [7, 11) is 3.76. The van der Waals surface area contributed by atoms with Gasteiger partial charge in [-0.1, -0.05) is 0 Å². The van der Waals surface area contributed by atoms with Gasteiger partial charge in [0.05, 0.1) is 17.9 Å². The first-order chi connectivity index (χ1) is 11.1. The predicted octanol–water partition coefficient (Wildman–Crippen LogP) is 1.32. The van der Waals surface area contributed by atoms with Crippen molar-refractivity contribution in [3.8, 4) is 6.07 Å². The Kier molecular flexibility index (Phi) is 3.98. The highest BCUT2D eigenvalue weighted by molar-refractivity contribution is 5.79. The average Bonchev–Trinajstić information content (AvgIpc) is 3.09. The van der Waals surface area contributed by atoms with Crippen molar-refractivity contribution in [2.24, 2.45) is 13.0 Å². The van der Waals surface area contributed by atoms with Gasteiger partial charge in [0.25, 0.3) is 0 Å². The molecule has 3 heterocycles. The van der Waals surface area contributed by atoms with Crippen LogP contribution in [-0.2, 0) is 11.8 Å². The van der Waals surface area contributed by atoms with Gasteiger partial charge in [0.15, 0.2) is 0 Å². The lowest BCUT2D eigenvalue weighted by atomic mass is 9.99. The predicted molar refractivity (Wildman–Crippen MR) is 84.3 cm³/mol. The number of likely N-dealkylation sites (tertiary alicyclic amines) is 1. The smallest absolute Gasteiger partial charge is 0.223 e. The van der Waals surface area contributed by atoms with Crippen molar-refractivity contribution < 1.29 is 4.79 Å². The van der Waals surface area contributed by atoms with Gasteiger partial charge in [-0.2, -0.15) is 5.26 Å². The number of aryl methyl sites for hydroxylation is 1. The van der Waals surface area contributed by atoms with Gasteiger partial charge in [-0.05, 0) is 12.1 Å². The summed E-state index contributed by atoms with van der Waals surface area (Å²) < 4.78 is 1.95. The zero-order valence-corrected chi connectivity index (χ0v) is 13.1. The van der Waals surface area contributed by atoms with E-state index >= 15 is 0 Å². The second kappa shape index (κ2) is 6.08.